The SMILES string of the molecule is O=C(c1cc(=O)c(OCc2ccccc2F)co1)N1CCN(c2ccccn2)CC1. The summed E-state index contributed by atoms with van der Waals surface area (Å²) in [6.07, 6.45) is 2.83. The van der Waals surface area contributed by atoms with Gasteiger partial charge in [0.1, 0.15) is 24.5 Å². The van der Waals surface area contributed by atoms with Crippen molar-refractivity contribution in [3.63, 3.8) is 0 Å². The Kier molecular flexibility index (Phi) is 5.74. The molecule has 1 aliphatic heterocycles. The molecular formula is C22H20FN3O4. The summed E-state index contributed by atoms with van der Waals surface area (Å²) < 4.78 is 24.4. The highest BCUT2D eigenvalue weighted by Crippen LogP contribution is 2.16. The van der Waals surface area contributed by atoms with Crippen LogP contribution >= 0.6 is 0 Å². The largest absolute Gasteiger partial charge is 0.482 e. The van der Waals surface area contributed by atoms with Gasteiger partial charge in [-0.25, -0.2) is 9.37 Å². The van der Waals surface area contributed by atoms with E-state index in [4.69, 9.17) is 9.15 Å². The van der Waals surface area contributed by atoms with Crippen molar-refractivity contribution in [2.24, 2.45) is 0 Å². The molecule has 2 aromatic heterocycles. The molecule has 154 valence electrons. The van der Waals surface area contributed by atoms with Crippen molar-refractivity contribution in [2.45, 2.75) is 6.61 Å². The fraction of sp³-hybridized carbons (Fsp3) is 0.227. The van der Waals surface area contributed by atoms with Crippen LogP contribution in [0.4, 0.5) is 10.2 Å². The number of carbonyl (C=O) groups is 1. The molecule has 0 aliphatic carbocycles. The van der Waals surface area contributed by atoms with Gasteiger partial charge in [0.15, 0.2) is 5.76 Å². The summed E-state index contributed by atoms with van der Waals surface area (Å²) in [5.74, 6) is -0.0289. The van der Waals surface area contributed by atoms with E-state index in [1.165, 1.54) is 6.07 Å². The van der Waals surface area contributed by atoms with E-state index < -0.39 is 11.2 Å². The summed E-state index contributed by atoms with van der Waals surface area (Å²) >= 11 is 0. The fourth-order valence-electron chi connectivity index (χ4n) is 3.22. The van der Waals surface area contributed by atoms with Crippen molar-refractivity contribution >= 4 is 11.7 Å². The molecule has 1 aliphatic rings. The van der Waals surface area contributed by atoms with Crippen molar-refractivity contribution in [2.75, 3.05) is 31.1 Å². The molecule has 3 heterocycles. The van der Waals surface area contributed by atoms with E-state index in [1.54, 1.807) is 29.3 Å². The number of halogens is 1. The van der Waals surface area contributed by atoms with E-state index in [0.717, 1.165) is 18.1 Å². The monoisotopic (exact) mass is 409 g/mol. The van der Waals surface area contributed by atoms with Crippen LogP contribution in [0, 0.1) is 5.82 Å². The van der Waals surface area contributed by atoms with Crippen molar-refractivity contribution in [3.05, 3.63) is 88.4 Å². The van der Waals surface area contributed by atoms with E-state index in [0.29, 0.717) is 31.7 Å². The number of aromatic nitrogens is 1. The summed E-state index contributed by atoms with van der Waals surface area (Å²) in [4.78, 5) is 33.1. The van der Waals surface area contributed by atoms with Crippen molar-refractivity contribution in [1.29, 1.82) is 0 Å². The highest BCUT2D eigenvalue weighted by molar-refractivity contribution is 5.91. The molecule has 3 aromatic rings. The van der Waals surface area contributed by atoms with Crippen LogP contribution < -0.4 is 15.1 Å². The lowest BCUT2D eigenvalue weighted by Gasteiger charge is -2.35. The molecule has 0 N–H and O–H groups in total. The van der Waals surface area contributed by atoms with Crippen molar-refractivity contribution in [1.82, 2.24) is 9.88 Å². The van der Waals surface area contributed by atoms with Gasteiger partial charge in [0.25, 0.3) is 5.91 Å². The number of ether oxygens (including phenoxy) is 1. The van der Waals surface area contributed by atoms with Crippen LogP contribution in [0.1, 0.15) is 16.1 Å². The van der Waals surface area contributed by atoms with Gasteiger partial charge < -0.3 is 19.0 Å². The number of carbonyl (C=O) groups excluding carboxylic acids is 1. The zero-order valence-corrected chi connectivity index (χ0v) is 16.2. The quantitative estimate of drug-likeness (QED) is 0.645. The maximum atomic E-state index is 13.7. The Morgan fingerprint density at radius 2 is 1.87 bits per heavy atom. The number of rotatable bonds is 5. The molecule has 0 spiro atoms. The van der Waals surface area contributed by atoms with Gasteiger partial charge in [-0.05, 0) is 18.2 Å². The Bertz CT molecular complexity index is 1080. The first-order valence-corrected chi connectivity index (χ1v) is 9.56. The zero-order chi connectivity index (χ0) is 20.9. The molecule has 0 radical (unpaired) electrons. The van der Waals surface area contributed by atoms with E-state index in [9.17, 15) is 14.0 Å². The smallest absolute Gasteiger partial charge is 0.289 e. The third-order valence-corrected chi connectivity index (χ3v) is 4.89. The molecule has 0 bridgehead atoms. The molecule has 1 amide bonds. The average molecular weight is 409 g/mol. The number of amides is 1. The second-order valence-electron chi connectivity index (χ2n) is 6.82. The fourth-order valence-corrected chi connectivity index (χ4v) is 3.22. The van der Waals surface area contributed by atoms with Gasteiger partial charge in [0, 0.05) is 44.0 Å². The predicted octanol–water partition coefficient (Wildman–Crippen LogP) is 2.72. The maximum absolute atomic E-state index is 13.7. The molecule has 1 fully saturated rings. The van der Waals surface area contributed by atoms with Crippen molar-refractivity contribution < 1.29 is 18.3 Å². The van der Waals surface area contributed by atoms with Gasteiger partial charge in [-0.2, -0.15) is 0 Å². The summed E-state index contributed by atoms with van der Waals surface area (Å²) in [5, 5.41) is 0. The highest BCUT2D eigenvalue weighted by atomic mass is 19.1. The minimum absolute atomic E-state index is 0.0514. The summed E-state index contributed by atoms with van der Waals surface area (Å²) in [5.41, 5.74) is -0.170. The van der Waals surface area contributed by atoms with Crippen molar-refractivity contribution in [3.8, 4) is 5.75 Å². The molecule has 0 unspecified atom stereocenters. The standard InChI is InChI=1S/C22H20FN3O4/c23-17-6-2-1-5-16(17)14-29-20-15-30-19(13-18(20)27)22(28)26-11-9-25(10-12-26)21-7-3-4-8-24-21/h1-8,13,15H,9-12,14H2. The van der Waals surface area contributed by atoms with E-state index in [-0.39, 0.29) is 24.0 Å². The van der Waals surface area contributed by atoms with Crippen LogP contribution in [-0.4, -0.2) is 42.0 Å². The summed E-state index contributed by atoms with van der Waals surface area (Å²) in [7, 11) is 0. The lowest BCUT2D eigenvalue weighted by molar-refractivity contribution is 0.0710. The van der Waals surface area contributed by atoms with Gasteiger partial charge in [0.05, 0.1) is 0 Å². The molecule has 0 atom stereocenters. The molecule has 0 saturated carbocycles. The Morgan fingerprint density at radius 3 is 2.57 bits per heavy atom. The average Bonchev–Trinajstić information content (AvgIpc) is 2.79. The normalized spacial score (nSPS) is 13.9. The van der Waals surface area contributed by atoms with Gasteiger partial charge in [-0.3, -0.25) is 9.59 Å². The van der Waals surface area contributed by atoms with Crippen LogP contribution in [0.2, 0.25) is 0 Å². The molecule has 1 aromatic carbocycles. The molecule has 30 heavy (non-hydrogen) atoms. The molecule has 1 saturated heterocycles. The summed E-state index contributed by atoms with van der Waals surface area (Å²) in [6.45, 7) is 2.14. The van der Waals surface area contributed by atoms with Crippen LogP contribution in [0.15, 0.2) is 70.2 Å². The molecule has 8 heteroatoms. The minimum atomic E-state index is -0.493. The molecular weight excluding hydrogens is 389 g/mol. The lowest BCUT2D eigenvalue weighted by Crippen LogP contribution is -2.49. The number of anilines is 1. The highest BCUT2D eigenvalue weighted by Gasteiger charge is 2.25. The van der Waals surface area contributed by atoms with Gasteiger partial charge in [-0.15, -0.1) is 0 Å². The minimum Gasteiger partial charge on any atom is -0.482 e. The van der Waals surface area contributed by atoms with Crippen LogP contribution in [0.5, 0.6) is 5.75 Å². The second-order valence-corrected chi connectivity index (χ2v) is 6.82. The van der Waals surface area contributed by atoms with E-state index >= 15 is 0 Å². The molecule has 7 nitrogen and oxygen atoms in total. The van der Waals surface area contributed by atoms with E-state index in [1.807, 2.05) is 18.2 Å². The number of hydrogen-bond acceptors (Lipinski definition) is 6. The topological polar surface area (TPSA) is 75.9 Å². The Hall–Kier alpha value is -3.68. The predicted molar refractivity (Wildman–Crippen MR) is 108 cm³/mol. The first-order valence-electron chi connectivity index (χ1n) is 9.56. The number of nitrogens with zero attached hydrogens (tertiary/aromatic N) is 3. The Labute approximate surface area is 172 Å². The van der Waals surface area contributed by atoms with Gasteiger partial charge in [0.2, 0.25) is 11.2 Å². The number of hydrogen-bond donors (Lipinski definition) is 0. The number of piperazine rings is 1. The van der Waals surface area contributed by atoms with Crippen LogP contribution in [0.25, 0.3) is 0 Å². The molecule has 4 rings (SSSR count). The van der Waals surface area contributed by atoms with Crippen LogP contribution in [-0.2, 0) is 6.61 Å². The number of pyridine rings is 1. The third kappa shape index (κ3) is 4.32. The van der Waals surface area contributed by atoms with E-state index in [2.05, 4.69) is 9.88 Å². The first kappa shape index (κ1) is 19.6. The Balaban J connectivity index is 1.37. The summed E-state index contributed by atoms with van der Waals surface area (Å²) in [6, 6.07) is 13.0. The maximum Gasteiger partial charge on any atom is 0.289 e. The van der Waals surface area contributed by atoms with Gasteiger partial charge in [-0.1, -0.05) is 24.3 Å². The van der Waals surface area contributed by atoms with Crippen LogP contribution in [0.3, 0.4) is 0 Å². The van der Waals surface area contributed by atoms with Gasteiger partial charge >= 0.3 is 0 Å². The lowest BCUT2D eigenvalue weighted by atomic mass is 10.2. The second kappa shape index (κ2) is 8.77. The third-order valence-electron chi connectivity index (χ3n) is 4.89. The first-order chi connectivity index (χ1) is 14.6. The zero-order valence-electron chi connectivity index (χ0n) is 16.2. The Morgan fingerprint density at radius 1 is 1.10 bits per heavy atom. The number of benzene rings is 1.